The predicted octanol–water partition coefficient (Wildman–Crippen LogP) is 5.50. The summed E-state index contributed by atoms with van der Waals surface area (Å²) < 4.78 is 27.0. The summed E-state index contributed by atoms with van der Waals surface area (Å²) in [5.74, 6) is 3.43. The van der Waals surface area contributed by atoms with Crippen molar-refractivity contribution in [2.45, 2.75) is 19.4 Å². The van der Waals surface area contributed by atoms with Gasteiger partial charge in [0.05, 0.1) is 42.6 Å². The van der Waals surface area contributed by atoms with E-state index in [9.17, 15) is 0 Å². The molecule has 0 aliphatic carbocycles. The van der Waals surface area contributed by atoms with E-state index in [0.717, 1.165) is 39.6 Å². The van der Waals surface area contributed by atoms with Crippen LogP contribution >= 0.6 is 0 Å². The average Bonchev–Trinajstić information content (AvgIpc) is 3.60. The molecule has 0 radical (unpaired) electrons. The third-order valence-electron chi connectivity index (χ3n) is 7.14. The Hall–Kier alpha value is -5.38. The van der Waals surface area contributed by atoms with E-state index < -0.39 is 0 Å². The quantitative estimate of drug-likeness (QED) is 0.259. The second kappa shape index (κ2) is 9.98. The van der Waals surface area contributed by atoms with Crippen LogP contribution in [-0.2, 0) is 6.61 Å². The van der Waals surface area contributed by atoms with E-state index >= 15 is 0 Å². The molecule has 7 rings (SSSR count). The fourth-order valence-electron chi connectivity index (χ4n) is 5.26. The minimum absolute atomic E-state index is 0.180. The smallest absolute Gasteiger partial charge is 0.230 e. The second-order valence-corrected chi connectivity index (χ2v) is 9.55. The first kappa shape index (κ1) is 24.6. The fraction of sp³-hybridized carbons (Fsp3) is 0.161. The van der Waals surface area contributed by atoms with Crippen molar-refractivity contribution in [1.29, 1.82) is 0 Å². The molecule has 1 atom stereocenters. The monoisotopic (exact) mass is 546 g/mol. The van der Waals surface area contributed by atoms with Gasteiger partial charge in [-0.1, -0.05) is 36.4 Å². The van der Waals surface area contributed by atoms with Crippen molar-refractivity contribution in [2.24, 2.45) is 0 Å². The SMILES string of the molecule is COc1ccc(OCc2nc3c4c(ncn3n2)Oc2c(c(C)nn2-c2ccccc2)[C@H]4c2ccccc2OC)cc1. The zero-order valence-corrected chi connectivity index (χ0v) is 22.7. The topological polar surface area (TPSA) is 97.8 Å². The van der Waals surface area contributed by atoms with Crippen molar-refractivity contribution in [3.63, 3.8) is 0 Å². The van der Waals surface area contributed by atoms with Crippen molar-refractivity contribution in [2.75, 3.05) is 14.2 Å². The number of aryl methyl sites for hydroxylation is 1. The van der Waals surface area contributed by atoms with E-state index in [1.165, 1.54) is 0 Å². The number of nitrogens with zero attached hydrogens (tertiary/aromatic N) is 6. The molecule has 3 aromatic carbocycles. The first-order chi connectivity index (χ1) is 20.1. The molecule has 1 aliphatic rings. The van der Waals surface area contributed by atoms with Gasteiger partial charge >= 0.3 is 0 Å². The lowest BCUT2D eigenvalue weighted by Gasteiger charge is -2.27. The van der Waals surface area contributed by atoms with Gasteiger partial charge in [-0.3, -0.25) is 0 Å². The van der Waals surface area contributed by atoms with Crippen LogP contribution in [0.2, 0.25) is 0 Å². The Bertz CT molecular complexity index is 1860. The van der Waals surface area contributed by atoms with Crippen LogP contribution in [0.1, 0.15) is 34.1 Å². The van der Waals surface area contributed by atoms with E-state index in [-0.39, 0.29) is 12.5 Å². The van der Waals surface area contributed by atoms with Crippen molar-refractivity contribution in [3.05, 3.63) is 113 Å². The van der Waals surface area contributed by atoms with Gasteiger partial charge in [0, 0.05) is 5.56 Å². The van der Waals surface area contributed by atoms with Gasteiger partial charge in [-0.2, -0.15) is 5.10 Å². The summed E-state index contributed by atoms with van der Waals surface area (Å²) in [5.41, 5.74) is 4.99. The van der Waals surface area contributed by atoms with Crippen LogP contribution in [0.5, 0.6) is 29.0 Å². The number of para-hydroxylation sites is 2. The van der Waals surface area contributed by atoms with E-state index in [4.69, 9.17) is 29.0 Å². The number of aromatic nitrogens is 6. The van der Waals surface area contributed by atoms with Gasteiger partial charge in [-0.25, -0.2) is 19.2 Å². The van der Waals surface area contributed by atoms with Crippen LogP contribution < -0.4 is 18.9 Å². The molecule has 0 bridgehead atoms. The van der Waals surface area contributed by atoms with Crippen molar-refractivity contribution in [3.8, 4) is 34.7 Å². The zero-order chi connectivity index (χ0) is 27.9. The molecule has 41 heavy (non-hydrogen) atoms. The molecule has 1 aliphatic heterocycles. The molecule has 204 valence electrons. The number of methoxy groups -OCH3 is 2. The summed E-state index contributed by atoms with van der Waals surface area (Å²) in [4.78, 5) is 9.56. The first-order valence-electron chi connectivity index (χ1n) is 13.1. The number of rotatable bonds is 7. The summed E-state index contributed by atoms with van der Waals surface area (Å²) >= 11 is 0. The molecule has 0 saturated heterocycles. The van der Waals surface area contributed by atoms with Crippen molar-refractivity contribution < 1.29 is 18.9 Å². The first-order valence-corrected chi connectivity index (χ1v) is 13.1. The third kappa shape index (κ3) is 4.20. The summed E-state index contributed by atoms with van der Waals surface area (Å²) in [7, 11) is 3.30. The molecule has 3 aromatic heterocycles. The lowest BCUT2D eigenvalue weighted by molar-refractivity contribution is 0.295. The number of benzene rings is 3. The molecule has 0 fully saturated rings. The minimum Gasteiger partial charge on any atom is -0.497 e. The molecular formula is C31H26N6O4. The second-order valence-electron chi connectivity index (χ2n) is 9.55. The number of ether oxygens (including phenoxy) is 4. The Morgan fingerprint density at radius 2 is 1.59 bits per heavy atom. The van der Waals surface area contributed by atoms with Crippen LogP contribution in [0.15, 0.2) is 85.2 Å². The van der Waals surface area contributed by atoms with Crippen molar-refractivity contribution in [1.82, 2.24) is 29.4 Å². The van der Waals surface area contributed by atoms with Crippen LogP contribution in [0, 0.1) is 6.92 Å². The summed E-state index contributed by atoms with van der Waals surface area (Å²) in [6.45, 7) is 2.17. The van der Waals surface area contributed by atoms with E-state index in [1.807, 2.05) is 84.4 Å². The highest BCUT2D eigenvalue weighted by atomic mass is 16.5. The Balaban J connectivity index is 1.36. The van der Waals surface area contributed by atoms with Crippen LogP contribution in [0.3, 0.4) is 0 Å². The summed E-state index contributed by atoms with van der Waals surface area (Å²) in [5, 5.41) is 9.55. The molecule has 0 amide bonds. The van der Waals surface area contributed by atoms with Crippen molar-refractivity contribution >= 4 is 5.65 Å². The number of fused-ring (bicyclic) bond motifs is 4. The summed E-state index contributed by atoms with van der Waals surface area (Å²) in [6, 6.07) is 25.2. The summed E-state index contributed by atoms with van der Waals surface area (Å²) in [6.07, 6.45) is 1.61. The normalized spacial score (nSPS) is 13.8. The van der Waals surface area contributed by atoms with Crippen LogP contribution in [0.25, 0.3) is 11.3 Å². The van der Waals surface area contributed by atoms with Gasteiger partial charge < -0.3 is 18.9 Å². The van der Waals surface area contributed by atoms with Gasteiger partial charge in [0.25, 0.3) is 0 Å². The highest BCUT2D eigenvalue weighted by Crippen LogP contribution is 2.51. The maximum atomic E-state index is 6.50. The molecule has 0 spiro atoms. The molecule has 4 heterocycles. The highest BCUT2D eigenvalue weighted by molar-refractivity contribution is 5.67. The average molecular weight is 547 g/mol. The third-order valence-corrected chi connectivity index (χ3v) is 7.14. The molecule has 0 unspecified atom stereocenters. The minimum atomic E-state index is -0.321. The molecule has 10 nitrogen and oxygen atoms in total. The predicted molar refractivity (Wildman–Crippen MR) is 150 cm³/mol. The Morgan fingerprint density at radius 1 is 0.829 bits per heavy atom. The Kier molecular flexibility index (Phi) is 6.00. The fourth-order valence-corrected chi connectivity index (χ4v) is 5.26. The lowest BCUT2D eigenvalue weighted by atomic mass is 9.84. The van der Waals surface area contributed by atoms with Crippen LogP contribution in [-0.4, -0.2) is 43.6 Å². The number of hydrogen-bond donors (Lipinski definition) is 0. The van der Waals surface area contributed by atoms with Gasteiger partial charge in [0.15, 0.2) is 11.5 Å². The maximum absolute atomic E-state index is 6.50. The van der Waals surface area contributed by atoms with Gasteiger partial charge in [0.1, 0.15) is 30.2 Å². The molecule has 10 heteroatoms. The van der Waals surface area contributed by atoms with Crippen LogP contribution in [0.4, 0.5) is 0 Å². The Labute approximate surface area is 235 Å². The molecule has 6 aromatic rings. The lowest BCUT2D eigenvalue weighted by Crippen LogP contribution is -2.16. The maximum Gasteiger partial charge on any atom is 0.230 e. The van der Waals surface area contributed by atoms with Gasteiger partial charge in [-0.15, -0.1) is 5.10 Å². The molecular weight excluding hydrogens is 520 g/mol. The molecule has 0 saturated carbocycles. The highest BCUT2D eigenvalue weighted by Gasteiger charge is 2.39. The standard InChI is InChI=1S/C31H26N6O4/c1-19-26-27(23-11-7-8-12-24(23)39-3)28-29-33-25(17-40-22-15-13-21(38-2)14-16-22)35-36(29)18-32-30(28)41-31(26)37(34-19)20-9-5-4-6-10-20/h4-16,18,27H,17H2,1-3H3/t27-/m1/s1. The Morgan fingerprint density at radius 3 is 2.37 bits per heavy atom. The van der Waals surface area contributed by atoms with E-state index in [2.05, 4.69) is 16.1 Å². The van der Waals surface area contributed by atoms with E-state index in [1.54, 1.807) is 25.1 Å². The van der Waals surface area contributed by atoms with Gasteiger partial charge in [0.2, 0.25) is 11.8 Å². The van der Waals surface area contributed by atoms with Gasteiger partial charge in [-0.05, 0) is 49.4 Å². The largest absolute Gasteiger partial charge is 0.497 e. The van der Waals surface area contributed by atoms with E-state index in [0.29, 0.717) is 29.0 Å². The molecule has 0 N–H and O–H groups in total. The number of hydrogen-bond acceptors (Lipinski definition) is 8. The zero-order valence-electron chi connectivity index (χ0n) is 22.7.